The number of ether oxygens (including phenoxy) is 5. The van der Waals surface area contributed by atoms with Gasteiger partial charge in [-0.25, -0.2) is 39.9 Å². The summed E-state index contributed by atoms with van der Waals surface area (Å²) in [5.41, 5.74) is -5.94. The molecular formula is C99H97Cl3F8N4O25P4S4. The Morgan fingerprint density at radius 1 is 0.401 bits per heavy atom. The highest BCUT2D eigenvalue weighted by Gasteiger charge is 2.49. The minimum Gasteiger partial charge on any atom is -0.438 e. The van der Waals surface area contributed by atoms with Crippen LogP contribution in [0.15, 0.2) is 192 Å². The Morgan fingerprint density at radius 3 is 1.03 bits per heavy atom. The monoisotopic (exact) mass is 2250 g/mol. The van der Waals surface area contributed by atoms with Crippen LogP contribution in [-0.4, -0.2) is 104 Å². The van der Waals surface area contributed by atoms with E-state index in [1.165, 1.54) is 105 Å². The van der Waals surface area contributed by atoms with Gasteiger partial charge in [-0.3, -0.25) is 69.9 Å². The zero-order chi connectivity index (χ0) is 108. The van der Waals surface area contributed by atoms with E-state index in [2.05, 4.69) is 26.0 Å². The molecule has 0 aliphatic carbocycles. The summed E-state index contributed by atoms with van der Waals surface area (Å²) in [7, 11) is -18.0. The number of carbonyl (C=O) groups is 8. The topological polar surface area (TPSA) is 395 Å². The van der Waals surface area contributed by atoms with Gasteiger partial charge in [-0.15, -0.1) is 45.3 Å². The number of esters is 3. The molecule has 1 saturated heterocycles. The quantitative estimate of drug-likeness (QED) is 0.00731. The van der Waals surface area contributed by atoms with Gasteiger partial charge in [0, 0.05) is 58.7 Å². The van der Waals surface area contributed by atoms with Crippen molar-refractivity contribution in [3.8, 4) is 0 Å². The Bertz CT molecular complexity index is 7160. The molecule has 8 aromatic carbocycles. The van der Waals surface area contributed by atoms with Crippen molar-refractivity contribution < 1.29 is 152 Å². The number of thiophene rings is 4. The molecule has 13 rings (SSSR count). The minimum absolute atomic E-state index is 0.184. The van der Waals surface area contributed by atoms with E-state index in [9.17, 15) is 102 Å². The highest BCUT2D eigenvalue weighted by molar-refractivity contribution is 7.56. The molecule has 1 aliphatic heterocycles. The van der Waals surface area contributed by atoms with Gasteiger partial charge in [-0.2, -0.15) is 0 Å². The van der Waals surface area contributed by atoms with Crippen LogP contribution in [-0.2, 0) is 103 Å². The molecule has 4 aromatic heterocycles. The maximum absolute atomic E-state index is 14.5. The summed E-state index contributed by atoms with van der Waals surface area (Å²) < 4.78 is 221. The molecule has 5 heterocycles. The average molecular weight is 2250 g/mol. The minimum atomic E-state index is -4.77. The van der Waals surface area contributed by atoms with Crippen molar-refractivity contribution in [1.82, 2.24) is 21.3 Å². The van der Waals surface area contributed by atoms with Crippen LogP contribution in [0, 0.1) is 69.7 Å². The Balaban J connectivity index is 0.000000202. The molecule has 147 heavy (non-hydrogen) atoms. The summed E-state index contributed by atoms with van der Waals surface area (Å²) in [5.74, 6) is -13.6. The lowest BCUT2D eigenvalue weighted by atomic mass is 9.98. The van der Waals surface area contributed by atoms with Crippen molar-refractivity contribution in [2.75, 3.05) is 40.4 Å². The third-order valence-corrected chi connectivity index (χ3v) is 32.6. The number of aryl methyl sites for hydroxylation is 1. The normalized spacial score (nSPS) is 14.6. The smallest absolute Gasteiger partial charge is 0.438 e. The van der Waals surface area contributed by atoms with Gasteiger partial charge in [0.25, 0.3) is 0 Å². The van der Waals surface area contributed by atoms with Crippen molar-refractivity contribution in [3.63, 3.8) is 0 Å². The molecule has 29 nitrogen and oxygen atoms in total. The first-order valence-electron chi connectivity index (χ1n) is 43.8. The van der Waals surface area contributed by atoms with Gasteiger partial charge in [-0.05, 0) is 311 Å². The van der Waals surface area contributed by atoms with Gasteiger partial charge in [0.15, 0.2) is 69.2 Å². The summed E-state index contributed by atoms with van der Waals surface area (Å²) in [6.45, 7) is 16.4. The summed E-state index contributed by atoms with van der Waals surface area (Å²) >= 11 is 23.6. The van der Waals surface area contributed by atoms with Gasteiger partial charge in [0.05, 0.1) is 35.6 Å². The maximum atomic E-state index is 14.5. The fourth-order valence-electron chi connectivity index (χ4n) is 13.0. The molecule has 0 bridgehead atoms. The van der Waals surface area contributed by atoms with E-state index >= 15 is 0 Å². The van der Waals surface area contributed by atoms with Gasteiger partial charge >= 0.3 is 54.4 Å². The zero-order valence-electron chi connectivity index (χ0n) is 80.0. The molecule has 6 unspecified atom stereocenters. The molecule has 48 heteroatoms. The molecule has 0 spiro atoms. The zero-order valence-corrected chi connectivity index (χ0v) is 89.1. The van der Waals surface area contributed by atoms with Gasteiger partial charge in [0.2, 0.25) is 50.8 Å². The summed E-state index contributed by atoms with van der Waals surface area (Å²) in [6.07, 6.45) is 8.96. The van der Waals surface area contributed by atoms with Crippen molar-refractivity contribution in [1.29, 1.82) is 0 Å². The summed E-state index contributed by atoms with van der Waals surface area (Å²) in [5, 5.41) is 19.6. The first-order chi connectivity index (χ1) is 69.1. The Labute approximate surface area is 868 Å². The van der Waals surface area contributed by atoms with Crippen LogP contribution in [0.3, 0.4) is 0 Å². The lowest BCUT2D eigenvalue weighted by Gasteiger charge is -2.29. The number of hydrogen-bond acceptors (Lipinski definition) is 27. The third kappa shape index (κ3) is 33.0. The molecule has 0 radical (unpaired) electrons. The van der Waals surface area contributed by atoms with E-state index in [0.29, 0.717) is 63.6 Å². The first kappa shape index (κ1) is 118. The van der Waals surface area contributed by atoms with E-state index in [0.717, 1.165) is 82.1 Å². The summed E-state index contributed by atoms with van der Waals surface area (Å²) in [6, 6.07) is 33.3. The summed E-state index contributed by atoms with van der Waals surface area (Å²) in [4.78, 5) is 123. The SMILES string of the molecule is CC(C)(C)C(=O)OCOP(=O)(O)C(C(=O)N/C=C/c1ccc(F)c(F)c1)c1csc2ccc(Cl)cc12.CC(C)(C)C(=O)OCOP(=O)(OCOC(=O)C(C)(C)C)C(C(=O)N/C=C/c1ccc(F)c(F)c1)c1csc2ccc(Cl)cc12.Cc1ccc2scc(C(C(=O)N/C=C/c3ccc(F)c(F)c3)P(=O)(O)OCOC(=O)OC(C)C)c2c1.O=C(N/C=C/c1ccc(F)c(F)c1)C(c1csc2ccc(Cl)cc12)P1(=O)OCCCO1. The number of benzene rings is 8. The average Bonchev–Trinajstić information content (AvgIpc) is 1.57. The van der Waals surface area contributed by atoms with E-state index in [-0.39, 0.29) is 46.6 Å². The predicted molar refractivity (Wildman–Crippen MR) is 547 cm³/mol. The molecule has 784 valence electrons. The molecule has 0 saturated carbocycles. The fraction of sp³-hybridized carbons (Fsp3) is 0.273. The van der Waals surface area contributed by atoms with Crippen molar-refractivity contribution in [2.45, 2.75) is 118 Å². The van der Waals surface area contributed by atoms with Crippen LogP contribution < -0.4 is 21.3 Å². The first-order valence-corrected chi connectivity index (χ1v) is 55.0. The van der Waals surface area contributed by atoms with Gasteiger partial charge in [-0.1, -0.05) is 76.8 Å². The second-order valence-electron chi connectivity index (χ2n) is 35.2. The van der Waals surface area contributed by atoms with Crippen molar-refractivity contribution >= 4 is 223 Å². The second-order valence-corrected chi connectivity index (χ2v) is 48.2. The Hall–Kier alpha value is -11.0. The molecule has 6 N–H and O–H groups in total. The van der Waals surface area contributed by atoms with Crippen molar-refractivity contribution in [2.24, 2.45) is 16.2 Å². The molecule has 4 amide bonds. The predicted octanol–water partition coefficient (Wildman–Crippen LogP) is 26.7. The third-order valence-electron chi connectivity index (χ3n) is 20.4. The maximum Gasteiger partial charge on any atom is 0.510 e. The number of halogens is 11. The lowest BCUT2D eigenvalue weighted by Crippen LogP contribution is -2.29. The Morgan fingerprint density at radius 2 is 0.694 bits per heavy atom. The highest BCUT2D eigenvalue weighted by atomic mass is 35.5. The second kappa shape index (κ2) is 52.0. The van der Waals surface area contributed by atoms with Gasteiger partial charge in [0.1, 0.15) is 0 Å². The van der Waals surface area contributed by atoms with Crippen LogP contribution in [0.1, 0.15) is 155 Å². The number of hydrogen-bond donors (Lipinski definition) is 6. The highest BCUT2D eigenvalue weighted by Crippen LogP contribution is 2.66. The number of amides is 4. The fourth-order valence-corrected chi connectivity index (χ4v) is 24.1. The van der Waals surface area contributed by atoms with E-state index in [1.807, 2.05) is 25.1 Å². The largest absolute Gasteiger partial charge is 0.510 e. The van der Waals surface area contributed by atoms with Crippen LogP contribution in [0.2, 0.25) is 15.1 Å². The number of rotatable bonds is 33. The van der Waals surface area contributed by atoms with Crippen LogP contribution in [0.25, 0.3) is 64.6 Å². The van der Waals surface area contributed by atoms with Crippen LogP contribution in [0.4, 0.5) is 39.9 Å². The number of nitrogens with one attached hydrogen (secondary N) is 4. The number of fused-ring (bicyclic) bond motifs is 4. The molecular weight excluding hydrogens is 2160 g/mol. The molecule has 6 atom stereocenters. The van der Waals surface area contributed by atoms with Crippen molar-refractivity contribution in [3.05, 3.63) is 304 Å². The standard InChI is InChI=1S/C30H33ClF2NO8PS.C24H23ClF2NO6PS.C24H24F2NO7PS.C21H17ClF2NO4PS/c1-29(2,3)27(36)39-16-41-43(38,42-17-40-28(37)30(4,5)6)25(21-15-44-24-10-8-19(31)14-20(21)24)26(35)34-12-11-18-7-9-22(32)23(33)13-18;1-24(2,3)23(30)33-13-34-35(31,32)21(17-12-36-20-7-5-15(25)11-16(17)20)22(29)28-9-8-14-4-6-18(26)19(27)10-14;1-14(2)34-24(29)32-13-33-35(30,31)22(18-12-36-21-7-4-15(3)10-17(18)21)23(28)27-9-8-16-5-6-19(25)20(26)11-16;22-14-3-5-19-15(11-14)16(12-31-19)20(30(27)28-8-1-9-29-30)21(26)25-7-6-13-2-4-17(23)18(24)10-13/h7-15,25H,16-17H2,1-6H3,(H,34,35);4-12,21H,13H2,1-3H3,(H,28,29)(H,31,32);4-12,14,22H,13H2,1-3H3,(H,27,28)(H,30,31);2-7,10-12,20H,1,8-9H2,(H,25,26)/b12-11+;2*9-8+;7-6+. The van der Waals surface area contributed by atoms with Crippen LogP contribution in [0.5, 0.6) is 0 Å². The lowest BCUT2D eigenvalue weighted by molar-refractivity contribution is -0.162. The van der Waals surface area contributed by atoms with Crippen LogP contribution >= 0.6 is 111 Å². The van der Waals surface area contributed by atoms with E-state index < -0.39 is 197 Å². The molecule has 1 fully saturated rings. The van der Waals surface area contributed by atoms with E-state index in [1.54, 1.807) is 147 Å². The van der Waals surface area contributed by atoms with E-state index in [4.69, 9.17) is 80.9 Å². The molecule has 12 aromatic rings. The van der Waals surface area contributed by atoms with Gasteiger partial charge < -0.3 is 63.8 Å². The Kier molecular flexibility index (Phi) is 41.7. The molecule has 1 aliphatic rings. The number of carbonyl (C=O) groups excluding carboxylic acids is 8.